The number of carbonyl (C=O) groups excluding carboxylic acids is 2. The maximum Gasteiger partial charge on any atom is 0.222 e. The third-order valence-electron chi connectivity index (χ3n) is 6.64. The van der Waals surface area contributed by atoms with Crippen molar-refractivity contribution in [3.05, 3.63) is 66.0 Å². The number of aromatic nitrogens is 4. The molecule has 0 atom stereocenters. The summed E-state index contributed by atoms with van der Waals surface area (Å²) in [6, 6.07) is 15.3. The van der Waals surface area contributed by atoms with Gasteiger partial charge in [0.15, 0.2) is 23.1 Å². The summed E-state index contributed by atoms with van der Waals surface area (Å²) in [5.74, 6) is 2.16. The number of hydrogen-bond donors (Lipinski definition) is 1. The second kappa shape index (κ2) is 10.8. The lowest BCUT2D eigenvalue weighted by Crippen LogP contribution is -2.28. The van der Waals surface area contributed by atoms with E-state index in [1.54, 1.807) is 26.4 Å². The largest absolute Gasteiger partial charge is 0.497 e. The van der Waals surface area contributed by atoms with Gasteiger partial charge in [0, 0.05) is 43.7 Å². The molecule has 190 valence electrons. The average Bonchev–Trinajstić information content (AvgIpc) is 3.53. The summed E-state index contributed by atoms with van der Waals surface area (Å²) in [5, 5.41) is 3.44. The number of nitrogens with one attached hydrogen (secondary N) is 1. The summed E-state index contributed by atoms with van der Waals surface area (Å²) in [6.45, 7) is 4.20. The van der Waals surface area contributed by atoms with E-state index in [-0.39, 0.29) is 11.7 Å². The molecule has 2 aromatic carbocycles. The van der Waals surface area contributed by atoms with Gasteiger partial charge in [0.1, 0.15) is 11.3 Å². The van der Waals surface area contributed by atoms with Crippen molar-refractivity contribution < 1.29 is 14.3 Å². The van der Waals surface area contributed by atoms with Crippen LogP contribution in [0.3, 0.4) is 0 Å². The van der Waals surface area contributed by atoms with E-state index in [2.05, 4.69) is 10.3 Å². The van der Waals surface area contributed by atoms with Crippen molar-refractivity contribution >= 4 is 28.7 Å². The number of amides is 1. The number of imidazole rings is 1. The van der Waals surface area contributed by atoms with Crippen LogP contribution < -0.4 is 10.1 Å². The minimum Gasteiger partial charge on any atom is -0.497 e. The SMILES string of the molecule is COc1ccc(CCNc2nc(-c3cccc(C(C)=O)c3)nc3c2ncn3CCN2CCCC2=O)cc1. The van der Waals surface area contributed by atoms with E-state index in [0.29, 0.717) is 54.4 Å². The number of anilines is 1. The molecule has 4 aromatic rings. The molecule has 37 heavy (non-hydrogen) atoms. The molecule has 0 radical (unpaired) electrons. The van der Waals surface area contributed by atoms with Gasteiger partial charge in [0.25, 0.3) is 0 Å². The van der Waals surface area contributed by atoms with E-state index in [9.17, 15) is 9.59 Å². The van der Waals surface area contributed by atoms with Gasteiger partial charge < -0.3 is 19.5 Å². The summed E-state index contributed by atoms with van der Waals surface area (Å²) in [4.78, 5) is 40.2. The molecule has 1 fully saturated rings. The lowest BCUT2D eigenvalue weighted by atomic mass is 10.1. The number of hydrogen-bond acceptors (Lipinski definition) is 7. The molecular formula is C28H30N6O3. The first-order chi connectivity index (χ1) is 18.0. The zero-order valence-electron chi connectivity index (χ0n) is 21.1. The van der Waals surface area contributed by atoms with Crippen LogP contribution in [0.25, 0.3) is 22.6 Å². The highest BCUT2D eigenvalue weighted by Crippen LogP contribution is 2.25. The van der Waals surface area contributed by atoms with E-state index in [1.165, 1.54) is 5.56 Å². The van der Waals surface area contributed by atoms with Crippen molar-refractivity contribution in [2.75, 3.05) is 32.1 Å². The zero-order chi connectivity index (χ0) is 25.8. The molecule has 1 N–H and O–H groups in total. The minimum absolute atomic E-state index is 0.0129. The molecule has 0 unspecified atom stereocenters. The fraction of sp³-hybridized carbons (Fsp3) is 0.321. The van der Waals surface area contributed by atoms with Crippen LogP contribution in [-0.4, -0.2) is 62.9 Å². The van der Waals surface area contributed by atoms with Gasteiger partial charge in [-0.05, 0) is 43.5 Å². The Morgan fingerprint density at radius 3 is 2.68 bits per heavy atom. The third kappa shape index (κ3) is 5.45. The second-order valence-electron chi connectivity index (χ2n) is 9.15. The van der Waals surface area contributed by atoms with Crippen LogP contribution in [0.2, 0.25) is 0 Å². The maximum absolute atomic E-state index is 12.1. The number of methoxy groups -OCH3 is 1. The summed E-state index contributed by atoms with van der Waals surface area (Å²) >= 11 is 0. The number of likely N-dealkylation sites (tertiary alicyclic amines) is 1. The van der Waals surface area contributed by atoms with Crippen molar-refractivity contribution in [3.8, 4) is 17.1 Å². The fourth-order valence-corrected chi connectivity index (χ4v) is 4.52. The van der Waals surface area contributed by atoms with Crippen LogP contribution in [0, 0.1) is 0 Å². The maximum atomic E-state index is 12.1. The van der Waals surface area contributed by atoms with Crippen molar-refractivity contribution in [3.63, 3.8) is 0 Å². The van der Waals surface area contributed by atoms with Crippen LogP contribution in [0.5, 0.6) is 5.75 Å². The Bertz CT molecular complexity index is 1430. The van der Waals surface area contributed by atoms with Gasteiger partial charge in [-0.15, -0.1) is 0 Å². The number of ketones is 1. The second-order valence-corrected chi connectivity index (χ2v) is 9.15. The lowest BCUT2D eigenvalue weighted by molar-refractivity contribution is -0.127. The standard InChI is InChI=1S/C28H30N6O3/c1-19(35)21-5-3-6-22(17-21)26-31-27(29-13-12-20-8-10-23(37-2)11-9-20)25-28(32-26)34(18-30-25)16-15-33-14-4-7-24(33)36/h3,5-6,8-11,17-18H,4,7,12-16H2,1-2H3,(H,29,31,32). The average molecular weight is 499 g/mol. The number of ether oxygens (including phenoxy) is 1. The van der Waals surface area contributed by atoms with E-state index in [0.717, 1.165) is 30.7 Å². The summed E-state index contributed by atoms with van der Waals surface area (Å²) in [7, 11) is 1.66. The predicted molar refractivity (Wildman–Crippen MR) is 142 cm³/mol. The van der Waals surface area contributed by atoms with Crippen molar-refractivity contribution in [2.45, 2.75) is 32.7 Å². The predicted octanol–water partition coefficient (Wildman–Crippen LogP) is 3.98. The molecule has 1 amide bonds. The van der Waals surface area contributed by atoms with Gasteiger partial charge in [-0.2, -0.15) is 0 Å². The Labute approximate surface area is 215 Å². The fourth-order valence-electron chi connectivity index (χ4n) is 4.52. The number of nitrogens with zero attached hydrogens (tertiary/aromatic N) is 5. The number of Topliss-reactive ketones (excluding diaryl/α,β-unsaturated/α-hetero) is 1. The van der Waals surface area contributed by atoms with E-state index < -0.39 is 0 Å². The van der Waals surface area contributed by atoms with E-state index >= 15 is 0 Å². The molecule has 9 heteroatoms. The van der Waals surface area contributed by atoms with Gasteiger partial charge in [-0.25, -0.2) is 15.0 Å². The Morgan fingerprint density at radius 2 is 1.95 bits per heavy atom. The van der Waals surface area contributed by atoms with E-state index in [1.807, 2.05) is 51.9 Å². The quantitative estimate of drug-likeness (QED) is 0.330. The molecule has 9 nitrogen and oxygen atoms in total. The first-order valence-electron chi connectivity index (χ1n) is 12.5. The van der Waals surface area contributed by atoms with Crippen LogP contribution >= 0.6 is 0 Å². The molecule has 2 aromatic heterocycles. The summed E-state index contributed by atoms with van der Waals surface area (Å²) < 4.78 is 7.21. The third-order valence-corrected chi connectivity index (χ3v) is 6.64. The summed E-state index contributed by atoms with van der Waals surface area (Å²) in [5.41, 5.74) is 3.91. The van der Waals surface area contributed by atoms with E-state index in [4.69, 9.17) is 14.7 Å². The minimum atomic E-state index is -0.0129. The molecule has 3 heterocycles. The first kappa shape index (κ1) is 24.4. The van der Waals surface area contributed by atoms with Gasteiger partial charge in [0.05, 0.1) is 13.4 Å². The molecule has 0 aliphatic carbocycles. The normalized spacial score (nSPS) is 13.4. The highest BCUT2D eigenvalue weighted by molar-refractivity contribution is 5.95. The Kier molecular flexibility index (Phi) is 7.11. The van der Waals surface area contributed by atoms with Crippen LogP contribution in [-0.2, 0) is 17.8 Å². The molecule has 5 rings (SSSR count). The highest BCUT2D eigenvalue weighted by Gasteiger charge is 2.21. The number of carbonyl (C=O) groups is 2. The lowest BCUT2D eigenvalue weighted by Gasteiger charge is -2.16. The molecule has 0 spiro atoms. The monoisotopic (exact) mass is 498 g/mol. The number of benzene rings is 2. The van der Waals surface area contributed by atoms with Gasteiger partial charge in [-0.3, -0.25) is 9.59 Å². The Morgan fingerprint density at radius 1 is 1.11 bits per heavy atom. The van der Waals surface area contributed by atoms with Crippen molar-refractivity contribution in [2.24, 2.45) is 0 Å². The topological polar surface area (TPSA) is 102 Å². The summed E-state index contributed by atoms with van der Waals surface area (Å²) in [6.07, 6.45) is 4.07. The number of rotatable bonds is 10. The number of fused-ring (bicyclic) bond motifs is 1. The first-order valence-corrected chi connectivity index (χ1v) is 12.5. The molecule has 0 bridgehead atoms. The van der Waals surface area contributed by atoms with Crippen molar-refractivity contribution in [1.29, 1.82) is 0 Å². The molecular weight excluding hydrogens is 468 g/mol. The molecule has 1 saturated heterocycles. The van der Waals surface area contributed by atoms with Crippen LogP contribution in [0.4, 0.5) is 5.82 Å². The Hall–Kier alpha value is -4.27. The van der Waals surface area contributed by atoms with Gasteiger partial charge in [0.2, 0.25) is 5.91 Å². The molecule has 0 saturated carbocycles. The van der Waals surface area contributed by atoms with Gasteiger partial charge in [-0.1, -0.05) is 30.3 Å². The van der Waals surface area contributed by atoms with Crippen LogP contribution in [0.15, 0.2) is 54.9 Å². The highest BCUT2D eigenvalue weighted by atomic mass is 16.5. The van der Waals surface area contributed by atoms with Gasteiger partial charge >= 0.3 is 0 Å². The molecule has 1 aliphatic heterocycles. The van der Waals surface area contributed by atoms with Crippen LogP contribution in [0.1, 0.15) is 35.7 Å². The zero-order valence-corrected chi connectivity index (χ0v) is 21.1. The Balaban J connectivity index is 1.44. The smallest absolute Gasteiger partial charge is 0.222 e. The molecule has 1 aliphatic rings. The van der Waals surface area contributed by atoms with Crippen molar-refractivity contribution in [1.82, 2.24) is 24.4 Å².